The first-order chi connectivity index (χ1) is 6.83. The van der Waals surface area contributed by atoms with E-state index in [2.05, 4.69) is 50.3 Å². The number of aryl methyl sites for hydroxylation is 1. The van der Waals surface area contributed by atoms with Crippen molar-refractivity contribution in [2.75, 3.05) is 0 Å². The summed E-state index contributed by atoms with van der Waals surface area (Å²) in [4.78, 5) is 0. The van der Waals surface area contributed by atoms with Crippen LogP contribution in [0.25, 0.3) is 11.6 Å². The van der Waals surface area contributed by atoms with Gasteiger partial charge in [0, 0.05) is 0 Å². The monoisotopic (exact) mass is 184 g/mol. The molecule has 0 spiro atoms. The SMILES string of the molecule is CCC1=CCC=Cc2cccc(C)c21. The Kier molecular flexibility index (Phi) is 2.53. The Morgan fingerprint density at radius 1 is 1.29 bits per heavy atom. The fourth-order valence-corrected chi connectivity index (χ4v) is 2.10. The van der Waals surface area contributed by atoms with Gasteiger partial charge < -0.3 is 0 Å². The lowest BCUT2D eigenvalue weighted by atomic mass is 9.94. The number of allylic oxidation sites excluding steroid dienone is 3. The van der Waals surface area contributed by atoms with E-state index in [0.29, 0.717) is 0 Å². The standard InChI is InChI=1S/C14H16/c1-3-12-8-4-5-9-13-10-6-7-11(2)14(12)13/h5-10H,3-4H2,1-2H3. The van der Waals surface area contributed by atoms with Gasteiger partial charge in [0.25, 0.3) is 0 Å². The highest BCUT2D eigenvalue weighted by Crippen LogP contribution is 2.29. The predicted octanol–water partition coefficient (Wildman–Crippen LogP) is 4.21. The quantitative estimate of drug-likeness (QED) is 0.613. The Morgan fingerprint density at radius 2 is 2.14 bits per heavy atom. The van der Waals surface area contributed by atoms with E-state index in [4.69, 9.17) is 0 Å². The molecule has 14 heavy (non-hydrogen) atoms. The van der Waals surface area contributed by atoms with E-state index in [1.807, 2.05) is 0 Å². The van der Waals surface area contributed by atoms with Gasteiger partial charge >= 0.3 is 0 Å². The summed E-state index contributed by atoms with van der Waals surface area (Å²) in [6.45, 7) is 4.43. The van der Waals surface area contributed by atoms with Gasteiger partial charge in [-0.3, -0.25) is 0 Å². The van der Waals surface area contributed by atoms with E-state index in [1.54, 1.807) is 0 Å². The molecule has 0 heteroatoms. The second kappa shape index (κ2) is 3.83. The van der Waals surface area contributed by atoms with Crippen molar-refractivity contribution >= 4 is 11.6 Å². The van der Waals surface area contributed by atoms with Crippen LogP contribution in [0.5, 0.6) is 0 Å². The molecule has 0 bridgehead atoms. The maximum atomic E-state index is 2.34. The van der Waals surface area contributed by atoms with Crippen molar-refractivity contribution in [1.29, 1.82) is 0 Å². The third-order valence-electron chi connectivity index (χ3n) is 2.80. The van der Waals surface area contributed by atoms with Gasteiger partial charge in [-0.05, 0) is 42.0 Å². The molecule has 0 unspecified atom stereocenters. The second-order valence-corrected chi connectivity index (χ2v) is 3.76. The van der Waals surface area contributed by atoms with Crippen molar-refractivity contribution in [2.24, 2.45) is 0 Å². The highest BCUT2D eigenvalue weighted by Gasteiger charge is 2.08. The van der Waals surface area contributed by atoms with Crippen molar-refractivity contribution in [3.05, 3.63) is 47.0 Å². The molecule has 0 aliphatic heterocycles. The lowest BCUT2D eigenvalue weighted by Gasteiger charge is -2.11. The zero-order valence-electron chi connectivity index (χ0n) is 8.88. The maximum Gasteiger partial charge on any atom is -0.0126 e. The molecule has 0 fully saturated rings. The summed E-state index contributed by atoms with van der Waals surface area (Å²) >= 11 is 0. The molecular weight excluding hydrogens is 168 g/mol. The van der Waals surface area contributed by atoms with E-state index in [0.717, 1.165) is 12.8 Å². The Bertz CT molecular complexity index is 394. The van der Waals surface area contributed by atoms with Crippen LogP contribution in [0.4, 0.5) is 0 Å². The minimum Gasteiger partial charge on any atom is -0.0801 e. The van der Waals surface area contributed by atoms with Crippen LogP contribution >= 0.6 is 0 Å². The van der Waals surface area contributed by atoms with Crippen LogP contribution in [-0.2, 0) is 0 Å². The molecule has 1 aromatic rings. The maximum absolute atomic E-state index is 2.34. The lowest BCUT2D eigenvalue weighted by Crippen LogP contribution is -1.91. The van der Waals surface area contributed by atoms with Gasteiger partial charge in [-0.2, -0.15) is 0 Å². The topological polar surface area (TPSA) is 0 Å². The first-order valence-electron chi connectivity index (χ1n) is 5.28. The molecule has 0 heterocycles. The molecule has 0 saturated heterocycles. The number of benzene rings is 1. The summed E-state index contributed by atoms with van der Waals surface area (Å²) in [5.74, 6) is 0. The van der Waals surface area contributed by atoms with Crippen LogP contribution in [0.15, 0.2) is 30.4 Å². The van der Waals surface area contributed by atoms with Gasteiger partial charge in [-0.25, -0.2) is 0 Å². The normalized spacial score (nSPS) is 14.6. The largest absolute Gasteiger partial charge is 0.0801 e. The summed E-state index contributed by atoms with van der Waals surface area (Å²) in [5, 5.41) is 0. The molecule has 0 aromatic heterocycles. The first kappa shape index (κ1) is 9.26. The first-order valence-corrected chi connectivity index (χ1v) is 5.28. The molecule has 1 aromatic carbocycles. The van der Waals surface area contributed by atoms with Gasteiger partial charge in [0.1, 0.15) is 0 Å². The number of hydrogen-bond donors (Lipinski definition) is 0. The summed E-state index contributed by atoms with van der Waals surface area (Å²) in [5.41, 5.74) is 5.70. The molecule has 0 atom stereocenters. The van der Waals surface area contributed by atoms with Crippen LogP contribution in [0.1, 0.15) is 36.5 Å². The number of hydrogen-bond acceptors (Lipinski definition) is 0. The second-order valence-electron chi connectivity index (χ2n) is 3.76. The molecule has 1 aliphatic carbocycles. The Morgan fingerprint density at radius 3 is 2.93 bits per heavy atom. The van der Waals surface area contributed by atoms with Crippen molar-refractivity contribution in [3.8, 4) is 0 Å². The molecular formula is C14H16. The Balaban J connectivity index is 2.64. The van der Waals surface area contributed by atoms with Crippen molar-refractivity contribution in [1.82, 2.24) is 0 Å². The Labute approximate surface area is 86.0 Å². The van der Waals surface area contributed by atoms with Crippen molar-refractivity contribution in [3.63, 3.8) is 0 Å². The number of rotatable bonds is 1. The van der Waals surface area contributed by atoms with E-state index in [-0.39, 0.29) is 0 Å². The van der Waals surface area contributed by atoms with Crippen LogP contribution in [-0.4, -0.2) is 0 Å². The minimum absolute atomic E-state index is 1.07. The minimum atomic E-state index is 1.07. The van der Waals surface area contributed by atoms with E-state index >= 15 is 0 Å². The molecule has 72 valence electrons. The fraction of sp³-hybridized carbons (Fsp3) is 0.286. The van der Waals surface area contributed by atoms with Gasteiger partial charge in [0.15, 0.2) is 0 Å². The summed E-state index contributed by atoms with van der Waals surface area (Å²) < 4.78 is 0. The smallest absolute Gasteiger partial charge is 0.0126 e. The van der Waals surface area contributed by atoms with Crippen LogP contribution in [0.2, 0.25) is 0 Å². The van der Waals surface area contributed by atoms with Crippen molar-refractivity contribution < 1.29 is 0 Å². The van der Waals surface area contributed by atoms with Crippen LogP contribution in [0.3, 0.4) is 0 Å². The van der Waals surface area contributed by atoms with Crippen LogP contribution in [0, 0.1) is 6.92 Å². The van der Waals surface area contributed by atoms with E-state index < -0.39 is 0 Å². The van der Waals surface area contributed by atoms with Gasteiger partial charge in [-0.15, -0.1) is 0 Å². The highest BCUT2D eigenvalue weighted by molar-refractivity contribution is 5.78. The van der Waals surface area contributed by atoms with E-state index in [9.17, 15) is 0 Å². The fourth-order valence-electron chi connectivity index (χ4n) is 2.10. The summed E-state index contributed by atoms with van der Waals surface area (Å²) in [6, 6.07) is 6.53. The van der Waals surface area contributed by atoms with Crippen molar-refractivity contribution in [2.45, 2.75) is 26.7 Å². The molecule has 0 N–H and O–H groups in total. The predicted molar refractivity (Wildman–Crippen MR) is 63.1 cm³/mol. The average molecular weight is 184 g/mol. The lowest BCUT2D eigenvalue weighted by molar-refractivity contribution is 1.21. The summed E-state index contributed by atoms with van der Waals surface area (Å²) in [7, 11) is 0. The molecule has 0 nitrogen and oxygen atoms in total. The van der Waals surface area contributed by atoms with E-state index in [1.165, 1.54) is 22.3 Å². The third-order valence-corrected chi connectivity index (χ3v) is 2.80. The molecule has 0 saturated carbocycles. The zero-order valence-corrected chi connectivity index (χ0v) is 8.88. The average Bonchev–Trinajstić information content (AvgIpc) is 2.40. The molecule has 0 amide bonds. The third kappa shape index (κ3) is 1.52. The highest BCUT2D eigenvalue weighted by atomic mass is 14.1. The van der Waals surface area contributed by atoms with Gasteiger partial charge in [0.2, 0.25) is 0 Å². The van der Waals surface area contributed by atoms with Gasteiger partial charge in [0.05, 0.1) is 0 Å². The molecule has 1 aliphatic rings. The van der Waals surface area contributed by atoms with Crippen LogP contribution < -0.4 is 0 Å². The molecule has 0 radical (unpaired) electrons. The molecule has 2 rings (SSSR count). The Hall–Kier alpha value is -1.30. The number of fused-ring (bicyclic) bond motifs is 1. The summed E-state index contributed by atoms with van der Waals surface area (Å²) in [6.07, 6.45) is 9.01. The van der Waals surface area contributed by atoms with Gasteiger partial charge in [-0.1, -0.05) is 43.4 Å². The zero-order chi connectivity index (χ0) is 9.97.